The van der Waals surface area contributed by atoms with Crippen molar-refractivity contribution in [3.8, 4) is 0 Å². The Hall–Kier alpha value is -2.37. The molecule has 21 heavy (non-hydrogen) atoms. The van der Waals surface area contributed by atoms with Gasteiger partial charge < -0.3 is 10.5 Å². The van der Waals surface area contributed by atoms with E-state index < -0.39 is 11.9 Å². The molecule has 1 unspecified atom stereocenters. The summed E-state index contributed by atoms with van der Waals surface area (Å²) in [5.74, 6) is -0.606. The number of aldehydes is 1. The molecule has 2 aromatic rings. The number of nitrogens with two attached hydrogens (primary N) is 1. The summed E-state index contributed by atoms with van der Waals surface area (Å²) in [6, 6.07) is 4.88. The monoisotopic (exact) mass is 289 g/mol. The maximum Gasteiger partial charge on any atom is 0.329 e. The summed E-state index contributed by atoms with van der Waals surface area (Å²) in [5.41, 5.74) is 7.65. The number of carbonyl (C=O) groups is 2. The number of rotatable bonds is 6. The Morgan fingerprint density at radius 1 is 1.38 bits per heavy atom. The summed E-state index contributed by atoms with van der Waals surface area (Å²) >= 11 is 0. The lowest BCUT2D eigenvalue weighted by Crippen LogP contribution is -2.34. The number of carbonyl (C=O) groups excluding carboxylic acids is 2. The number of primary amides is 1. The number of fused-ring (bicyclic) bond motifs is 1. The van der Waals surface area contributed by atoms with Gasteiger partial charge in [-0.15, -0.1) is 0 Å². The molecule has 0 saturated carbocycles. The van der Waals surface area contributed by atoms with Gasteiger partial charge in [0, 0.05) is 13.5 Å². The van der Waals surface area contributed by atoms with Gasteiger partial charge in [-0.05, 0) is 30.5 Å². The number of imidazole rings is 1. The highest BCUT2D eigenvalue weighted by molar-refractivity contribution is 5.83. The van der Waals surface area contributed by atoms with Crippen LogP contribution in [0.25, 0.3) is 11.0 Å². The molecule has 6 nitrogen and oxygen atoms in total. The molecule has 2 rings (SSSR count). The van der Waals surface area contributed by atoms with Gasteiger partial charge in [-0.1, -0.05) is 13.0 Å². The molecule has 1 aromatic carbocycles. The van der Waals surface area contributed by atoms with Crippen molar-refractivity contribution >= 4 is 23.2 Å². The van der Waals surface area contributed by atoms with Crippen LogP contribution < -0.4 is 11.4 Å². The molecule has 1 atom stereocenters. The van der Waals surface area contributed by atoms with Gasteiger partial charge in [0.1, 0.15) is 12.3 Å². The van der Waals surface area contributed by atoms with Crippen LogP contribution in [0.2, 0.25) is 0 Å². The van der Waals surface area contributed by atoms with Crippen molar-refractivity contribution in [3.05, 3.63) is 34.2 Å². The molecule has 112 valence electrons. The summed E-state index contributed by atoms with van der Waals surface area (Å²) in [6.45, 7) is 2.03. The quantitative estimate of drug-likeness (QED) is 0.802. The van der Waals surface area contributed by atoms with Crippen LogP contribution >= 0.6 is 0 Å². The third kappa shape index (κ3) is 2.61. The molecular weight excluding hydrogens is 270 g/mol. The number of hydrogen-bond donors (Lipinski definition) is 1. The molecule has 0 bridgehead atoms. The Bertz CT molecular complexity index is 742. The van der Waals surface area contributed by atoms with Crippen LogP contribution in [0, 0.1) is 0 Å². The summed E-state index contributed by atoms with van der Waals surface area (Å²) in [6.07, 6.45) is 2.00. The van der Waals surface area contributed by atoms with Gasteiger partial charge in [0.2, 0.25) is 5.91 Å². The molecule has 6 heteroatoms. The minimum absolute atomic E-state index is 0.184. The van der Waals surface area contributed by atoms with Gasteiger partial charge >= 0.3 is 5.69 Å². The molecule has 0 aliphatic heterocycles. The van der Waals surface area contributed by atoms with E-state index in [2.05, 4.69) is 0 Å². The van der Waals surface area contributed by atoms with E-state index in [0.717, 1.165) is 23.8 Å². The summed E-state index contributed by atoms with van der Waals surface area (Å²) in [4.78, 5) is 34.7. The minimum Gasteiger partial charge on any atom is -0.368 e. The third-order valence-electron chi connectivity index (χ3n) is 3.76. The Morgan fingerprint density at radius 2 is 2.10 bits per heavy atom. The molecule has 0 radical (unpaired) electrons. The lowest BCUT2D eigenvalue weighted by atomic mass is 10.1. The van der Waals surface area contributed by atoms with Crippen LogP contribution in [-0.2, 0) is 23.1 Å². The Balaban J connectivity index is 2.67. The van der Waals surface area contributed by atoms with Crippen molar-refractivity contribution in [1.82, 2.24) is 9.13 Å². The zero-order chi connectivity index (χ0) is 15.6. The molecule has 1 amide bonds. The van der Waals surface area contributed by atoms with Crippen molar-refractivity contribution in [2.45, 2.75) is 32.2 Å². The standard InChI is InChI=1S/C15H19N3O3/c1-3-10-6-7-11-13(9-10)17(2)15(21)18(11)12(14(16)20)5-4-8-19/h6-9,12H,3-5H2,1-2H3,(H2,16,20). The zero-order valence-corrected chi connectivity index (χ0v) is 12.2. The van der Waals surface area contributed by atoms with E-state index in [4.69, 9.17) is 5.73 Å². The van der Waals surface area contributed by atoms with Crippen molar-refractivity contribution in [3.63, 3.8) is 0 Å². The molecule has 0 spiro atoms. The fourth-order valence-corrected chi connectivity index (χ4v) is 2.55. The smallest absolute Gasteiger partial charge is 0.329 e. The Kier molecular flexibility index (Phi) is 4.26. The van der Waals surface area contributed by atoms with Crippen molar-refractivity contribution in [1.29, 1.82) is 0 Å². The van der Waals surface area contributed by atoms with Crippen LogP contribution in [0.5, 0.6) is 0 Å². The molecule has 0 aliphatic carbocycles. The van der Waals surface area contributed by atoms with Gasteiger partial charge in [-0.3, -0.25) is 13.9 Å². The fourth-order valence-electron chi connectivity index (χ4n) is 2.55. The highest BCUT2D eigenvalue weighted by Gasteiger charge is 2.23. The van der Waals surface area contributed by atoms with Gasteiger partial charge in [-0.2, -0.15) is 0 Å². The molecule has 0 aliphatic rings. The predicted molar refractivity (Wildman–Crippen MR) is 80.1 cm³/mol. The normalized spacial score (nSPS) is 12.5. The third-order valence-corrected chi connectivity index (χ3v) is 3.76. The number of amides is 1. The SMILES string of the molecule is CCc1ccc2c(c1)n(C)c(=O)n2C(CCC=O)C(N)=O. The van der Waals surface area contributed by atoms with Crippen molar-refractivity contribution < 1.29 is 9.59 Å². The Morgan fingerprint density at radius 3 is 2.67 bits per heavy atom. The van der Waals surface area contributed by atoms with Crippen molar-refractivity contribution in [2.24, 2.45) is 12.8 Å². The second kappa shape index (κ2) is 5.95. The van der Waals surface area contributed by atoms with Crippen LogP contribution in [0.4, 0.5) is 0 Å². The van der Waals surface area contributed by atoms with Crippen molar-refractivity contribution in [2.75, 3.05) is 0 Å². The first kappa shape index (κ1) is 15.0. The second-order valence-corrected chi connectivity index (χ2v) is 5.05. The van der Waals surface area contributed by atoms with E-state index >= 15 is 0 Å². The average Bonchev–Trinajstić information content (AvgIpc) is 2.72. The first-order valence-electron chi connectivity index (χ1n) is 6.94. The van der Waals surface area contributed by atoms with Gasteiger partial charge in [0.15, 0.2) is 0 Å². The van der Waals surface area contributed by atoms with Gasteiger partial charge in [0.05, 0.1) is 11.0 Å². The average molecular weight is 289 g/mol. The van der Waals surface area contributed by atoms with E-state index in [9.17, 15) is 14.4 Å². The summed E-state index contributed by atoms with van der Waals surface area (Å²) in [7, 11) is 1.67. The summed E-state index contributed by atoms with van der Waals surface area (Å²) < 4.78 is 2.89. The summed E-state index contributed by atoms with van der Waals surface area (Å²) in [5, 5.41) is 0. The molecule has 0 fully saturated rings. The largest absolute Gasteiger partial charge is 0.368 e. The minimum atomic E-state index is -0.807. The van der Waals surface area contributed by atoms with Crippen LogP contribution in [0.1, 0.15) is 31.4 Å². The fraction of sp³-hybridized carbons (Fsp3) is 0.400. The first-order valence-corrected chi connectivity index (χ1v) is 6.94. The van der Waals surface area contributed by atoms with Gasteiger partial charge in [0.25, 0.3) is 0 Å². The number of nitrogens with zero attached hydrogens (tertiary/aromatic N) is 2. The highest BCUT2D eigenvalue weighted by Crippen LogP contribution is 2.21. The van der Waals surface area contributed by atoms with E-state index in [1.165, 1.54) is 9.13 Å². The van der Waals surface area contributed by atoms with E-state index in [1.54, 1.807) is 7.05 Å². The van der Waals surface area contributed by atoms with E-state index in [-0.39, 0.29) is 18.5 Å². The van der Waals surface area contributed by atoms with Gasteiger partial charge in [-0.25, -0.2) is 4.79 Å². The lowest BCUT2D eigenvalue weighted by Gasteiger charge is -2.14. The number of aryl methyl sites for hydroxylation is 2. The van der Waals surface area contributed by atoms with Crippen LogP contribution in [-0.4, -0.2) is 21.3 Å². The van der Waals surface area contributed by atoms with Crippen LogP contribution in [0.15, 0.2) is 23.0 Å². The molecule has 0 saturated heterocycles. The topological polar surface area (TPSA) is 87.1 Å². The maximum absolute atomic E-state index is 12.4. The number of hydrogen-bond acceptors (Lipinski definition) is 3. The molecular formula is C15H19N3O3. The molecule has 2 N–H and O–H groups in total. The first-order chi connectivity index (χ1) is 10.0. The molecule has 1 aromatic heterocycles. The highest BCUT2D eigenvalue weighted by atomic mass is 16.2. The Labute approximate surface area is 122 Å². The molecule has 1 heterocycles. The van der Waals surface area contributed by atoms with E-state index in [0.29, 0.717) is 5.52 Å². The maximum atomic E-state index is 12.4. The lowest BCUT2D eigenvalue weighted by molar-refractivity contribution is -0.121. The number of benzene rings is 1. The predicted octanol–water partition coefficient (Wildman–Crippen LogP) is 0.908. The second-order valence-electron chi connectivity index (χ2n) is 5.05. The zero-order valence-electron chi connectivity index (χ0n) is 12.2. The van der Waals surface area contributed by atoms with E-state index in [1.807, 2.05) is 25.1 Å². The van der Waals surface area contributed by atoms with Crippen LogP contribution in [0.3, 0.4) is 0 Å². The number of aromatic nitrogens is 2.